The quantitative estimate of drug-likeness (QED) is 0.271. The number of sulfonamides is 1. The molecule has 1 aliphatic rings. The number of hydrogen-bond acceptors (Lipinski definition) is 5. The number of hydrogen-bond donors (Lipinski definition) is 2. The third kappa shape index (κ3) is 7.15. The predicted molar refractivity (Wildman–Crippen MR) is 160 cm³/mol. The lowest BCUT2D eigenvalue weighted by Crippen LogP contribution is -2.49. The van der Waals surface area contributed by atoms with E-state index < -0.39 is 28.1 Å². The molecule has 0 bridgehead atoms. The molecule has 41 heavy (non-hydrogen) atoms. The van der Waals surface area contributed by atoms with Crippen molar-refractivity contribution >= 4 is 22.0 Å². The number of carbonyl (C=O) groups excluding carboxylic acids is 2. The molecule has 1 aliphatic carbocycles. The first kappa shape index (κ1) is 30.3. The van der Waals surface area contributed by atoms with Gasteiger partial charge in [-0.25, -0.2) is 13.2 Å². The van der Waals surface area contributed by atoms with Crippen LogP contribution in [0.3, 0.4) is 0 Å². The van der Waals surface area contributed by atoms with Crippen LogP contribution in [-0.2, 0) is 19.6 Å². The lowest BCUT2D eigenvalue weighted by atomic mass is 9.98. The smallest absolute Gasteiger partial charge is 0.407 e. The van der Waals surface area contributed by atoms with Crippen molar-refractivity contribution in [3.8, 4) is 11.1 Å². The minimum atomic E-state index is -3.93. The van der Waals surface area contributed by atoms with Crippen LogP contribution in [0.15, 0.2) is 77.7 Å². The second kappa shape index (κ2) is 13.3. The minimum Gasteiger partial charge on any atom is -0.449 e. The average molecular weight is 578 g/mol. The van der Waals surface area contributed by atoms with Crippen LogP contribution >= 0.6 is 0 Å². The van der Waals surface area contributed by atoms with Crippen LogP contribution in [0.25, 0.3) is 11.1 Å². The molecular weight excluding hydrogens is 538 g/mol. The summed E-state index contributed by atoms with van der Waals surface area (Å²) in [6.45, 7) is 6.40. The Kier molecular flexibility index (Phi) is 9.83. The highest BCUT2D eigenvalue weighted by atomic mass is 32.2. The third-order valence-electron chi connectivity index (χ3n) is 7.37. The second-order valence-corrected chi connectivity index (χ2v) is 12.8. The Hall–Kier alpha value is -3.69. The Morgan fingerprint density at radius 2 is 1.51 bits per heavy atom. The van der Waals surface area contributed by atoms with Crippen molar-refractivity contribution in [2.45, 2.75) is 56.9 Å². The third-order valence-corrected chi connectivity index (χ3v) is 9.25. The number of benzene rings is 3. The van der Waals surface area contributed by atoms with Crippen LogP contribution in [-0.4, -0.2) is 50.5 Å². The fourth-order valence-electron chi connectivity index (χ4n) is 5.33. The number of amides is 2. The van der Waals surface area contributed by atoms with Crippen molar-refractivity contribution in [1.82, 2.24) is 9.62 Å². The highest BCUT2D eigenvalue weighted by Gasteiger charge is 2.35. The molecule has 3 N–H and O–H groups in total. The number of aryl methyl sites for hydroxylation is 1. The van der Waals surface area contributed by atoms with Gasteiger partial charge in [0.2, 0.25) is 15.9 Å². The fourth-order valence-corrected chi connectivity index (χ4v) is 7.12. The number of nitrogens with zero attached hydrogens (tertiary/aromatic N) is 1. The summed E-state index contributed by atoms with van der Waals surface area (Å²) in [7, 11) is -3.93. The maximum absolute atomic E-state index is 13.5. The van der Waals surface area contributed by atoms with Gasteiger partial charge in [0, 0.05) is 19.0 Å². The van der Waals surface area contributed by atoms with E-state index in [1.165, 1.54) is 4.31 Å². The largest absolute Gasteiger partial charge is 0.449 e. The summed E-state index contributed by atoms with van der Waals surface area (Å²) in [5.74, 6) is -0.718. The first-order chi connectivity index (χ1) is 19.6. The molecule has 0 saturated carbocycles. The molecule has 1 atom stereocenters. The van der Waals surface area contributed by atoms with Gasteiger partial charge in [-0.1, -0.05) is 80.1 Å². The Balaban J connectivity index is 1.30. The lowest BCUT2D eigenvalue weighted by molar-refractivity contribution is -0.122. The molecular formula is C32H39N3O5S. The molecule has 0 aromatic heterocycles. The Morgan fingerprint density at radius 3 is 2.07 bits per heavy atom. The maximum Gasteiger partial charge on any atom is 0.407 e. The van der Waals surface area contributed by atoms with E-state index in [1.54, 1.807) is 24.3 Å². The van der Waals surface area contributed by atoms with Gasteiger partial charge < -0.3 is 15.8 Å². The topological polar surface area (TPSA) is 119 Å². The normalized spacial score (nSPS) is 13.6. The monoisotopic (exact) mass is 577 g/mol. The highest BCUT2D eigenvalue weighted by molar-refractivity contribution is 7.89. The fraction of sp³-hybridized carbons (Fsp3) is 0.375. The van der Waals surface area contributed by atoms with Crippen molar-refractivity contribution in [1.29, 1.82) is 0 Å². The van der Waals surface area contributed by atoms with E-state index in [4.69, 9.17) is 10.5 Å². The zero-order valence-corrected chi connectivity index (χ0v) is 24.7. The number of unbranched alkanes of at least 4 members (excludes halogenated alkanes) is 1. The SMILES string of the molecule is Cc1ccc(S(=O)(=O)N(CC(C)C)[C@@H](CCCCNC(=O)OCC2c3ccccc3-c3ccccc32)C(N)=O)cc1. The molecule has 8 nitrogen and oxygen atoms in total. The van der Waals surface area contributed by atoms with Crippen LogP contribution in [0.4, 0.5) is 4.79 Å². The molecule has 0 heterocycles. The zero-order chi connectivity index (χ0) is 29.6. The molecule has 4 rings (SSSR count). The maximum atomic E-state index is 13.5. The number of rotatable bonds is 13. The molecule has 0 saturated heterocycles. The second-order valence-electron chi connectivity index (χ2n) is 10.9. The molecule has 0 spiro atoms. The molecule has 0 unspecified atom stereocenters. The number of ether oxygens (including phenoxy) is 1. The van der Waals surface area contributed by atoms with E-state index in [-0.39, 0.29) is 36.3 Å². The molecule has 218 valence electrons. The first-order valence-electron chi connectivity index (χ1n) is 14.1. The van der Waals surface area contributed by atoms with E-state index in [1.807, 2.05) is 45.0 Å². The van der Waals surface area contributed by atoms with Crippen LogP contribution in [0.2, 0.25) is 0 Å². The van der Waals surface area contributed by atoms with Gasteiger partial charge >= 0.3 is 6.09 Å². The van der Waals surface area contributed by atoms with Crippen molar-refractivity contribution in [2.24, 2.45) is 11.7 Å². The average Bonchev–Trinajstić information content (AvgIpc) is 3.26. The summed E-state index contributed by atoms with van der Waals surface area (Å²) in [5.41, 5.74) is 11.3. The van der Waals surface area contributed by atoms with Crippen molar-refractivity contribution in [2.75, 3.05) is 19.7 Å². The standard InChI is InChI=1S/C32H39N3O5S/c1-22(2)20-35(41(38,39)24-17-15-23(3)16-18-24)30(31(33)36)14-8-9-19-34-32(37)40-21-29-27-12-6-4-10-25(27)26-11-5-7-13-28(26)29/h4-7,10-13,15-18,22,29-30H,8-9,14,19-21H2,1-3H3,(H2,33,36)(H,34,37)/t30-/m0/s1. The molecule has 3 aromatic carbocycles. The van der Waals surface area contributed by atoms with Crippen LogP contribution in [0.5, 0.6) is 0 Å². The van der Waals surface area contributed by atoms with Crippen LogP contribution < -0.4 is 11.1 Å². The van der Waals surface area contributed by atoms with Gasteiger partial charge in [0.05, 0.1) is 4.90 Å². The summed E-state index contributed by atoms with van der Waals surface area (Å²) in [4.78, 5) is 25.0. The van der Waals surface area contributed by atoms with Gasteiger partial charge in [-0.3, -0.25) is 4.79 Å². The van der Waals surface area contributed by atoms with Crippen molar-refractivity contribution in [3.63, 3.8) is 0 Å². The minimum absolute atomic E-state index is 0.00712. The van der Waals surface area contributed by atoms with Crippen LogP contribution in [0, 0.1) is 12.8 Å². The van der Waals surface area contributed by atoms with Gasteiger partial charge in [-0.05, 0) is 66.5 Å². The number of fused-ring (bicyclic) bond motifs is 3. The summed E-state index contributed by atoms with van der Waals surface area (Å²) < 4.78 is 33.8. The number of carbonyl (C=O) groups is 2. The predicted octanol–water partition coefficient (Wildman–Crippen LogP) is 5.20. The van der Waals surface area contributed by atoms with E-state index in [0.29, 0.717) is 19.4 Å². The van der Waals surface area contributed by atoms with Gasteiger partial charge in [0.25, 0.3) is 0 Å². The summed E-state index contributed by atoms with van der Waals surface area (Å²) in [5, 5.41) is 2.77. The number of nitrogens with one attached hydrogen (secondary N) is 1. The summed E-state index contributed by atoms with van der Waals surface area (Å²) in [6.07, 6.45) is 0.768. The highest BCUT2D eigenvalue weighted by Crippen LogP contribution is 2.44. The molecule has 2 amide bonds. The molecule has 0 fully saturated rings. The van der Waals surface area contributed by atoms with Crippen molar-refractivity contribution in [3.05, 3.63) is 89.5 Å². The van der Waals surface area contributed by atoms with Gasteiger partial charge in [-0.15, -0.1) is 0 Å². The molecule has 9 heteroatoms. The Bertz CT molecular complexity index is 1430. The number of primary amides is 1. The number of nitrogens with two attached hydrogens (primary N) is 1. The Labute approximate surface area is 242 Å². The molecule has 0 radical (unpaired) electrons. The van der Waals surface area contributed by atoms with E-state index in [9.17, 15) is 18.0 Å². The zero-order valence-electron chi connectivity index (χ0n) is 23.9. The van der Waals surface area contributed by atoms with E-state index >= 15 is 0 Å². The Morgan fingerprint density at radius 1 is 0.927 bits per heavy atom. The van der Waals surface area contributed by atoms with Crippen molar-refractivity contribution < 1.29 is 22.7 Å². The summed E-state index contributed by atoms with van der Waals surface area (Å²) >= 11 is 0. The van der Waals surface area contributed by atoms with Gasteiger partial charge in [0.1, 0.15) is 12.6 Å². The lowest BCUT2D eigenvalue weighted by Gasteiger charge is -2.30. The summed E-state index contributed by atoms with van der Waals surface area (Å²) in [6, 6.07) is 21.9. The van der Waals surface area contributed by atoms with E-state index in [2.05, 4.69) is 29.6 Å². The number of alkyl carbamates (subject to hydrolysis) is 1. The van der Waals surface area contributed by atoms with Gasteiger partial charge in [0.15, 0.2) is 0 Å². The van der Waals surface area contributed by atoms with E-state index in [0.717, 1.165) is 27.8 Å². The van der Waals surface area contributed by atoms with Gasteiger partial charge in [-0.2, -0.15) is 4.31 Å². The molecule has 0 aliphatic heterocycles. The molecule has 3 aromatic rings. The van der Waals surface area contributed by atoms with Crippen LogP contribution in [0.1, 0.15) is 55.7 Å². The first-order valence-corrected chi connectivity index (χ1v) is 15.5.